The Morgan fingerprint density at radius 3 is 2.68 bits per heavy atom. The third-order valence-corrected chi connectivity index (χ3v) is 6.41. The van der Waals surface area contributed by atoms with Gasteiger partial charge in [0.15, 0.2) is 0 Å². The molecule has 124 valence electrons. The third-order valence-electron chi connectivity index (χ3n) is 5.58. The SMILES string of the molecule is Clc1cccc([C@@H]2Nc3c(ccc4ccccc34)[C@H]3C=CC[C@@H]32)c1Cl. The molecule has 3 aromatic carbocycles. The molecular weight excluding hydrogens is 349 g/mol. The lowest BCUT2D eigenvalue weighted by atomic mass is 9.76. The summed E-state index contributed by atoms with van der Waals surface area (Å²) in [6.07, 6.45) is 5.70. The van der Waals surface area contributed by atoms with Crippen molar-refractivity contribution >= 4 is 39.7 Å². The zero-order valence-electron chi connectivity index (χ0n) is 13.5. The molecule has 1 aliphatic heterocycles. The highest BCUT2D eigenvalue weighted by Gasteiger charge is 2.39. The molecule has 0 aromatic heterocycles. The molecule has 3 aromatic rings. The first kappa shape index (κ1) is 15.3. The summed E-state index contributed by atoms with van der Waals surface area (Å²) < 4.78 is 0. The zero-order chi connectivity index (χ0) is 17.0. The second kappa shape index (κ2) is 5.79. The molecule has 0 saturated carbocycles. The van der Waals surface area contributed by atoms with Crippen LogP contribution in [-0.2, 0) is 0 Å². The van der Waals surface area contributed by atoms with Crippen molar-refractivity contribution in [1.29, 1.82) is 0 Å². The van der Waals surface area contributed by atoms with Crippen LogP contribution >= 0.6 is 23.2 Å². The lowest BCUT2D eigenvalue weighted by molar-refractivity contribution is 0.426. The minimum absolute atomic E-state index is 0.157. The average Bonchev–Trinajstić information content (AvgIpc) is 3.13. The largest absolute Gasteiger partial charge is 0.377 e. The van der Waals surface area contributed by atoms with E-state index < -0.39 is 0 Å². The summed E-state index contributed by atoms with van der Waals surface area (Å²) in [4.78, 5) is 0. The van der Waals surface area contributed by atoms with Gasteiger partial charge >= 0.3 is 0 Å². The van der Waals surface area contributed by atoms with Crippen molar-refractivity contribution in [2.45, 2.75) is 18.4 Å². The molecule has 2 aliphatic rings. The van der Waals surface area contributed by atoms with Gasteiger partial charge in [-0.15, -0.1) is 0 Å². The van der Waals surface area contributed by atoms with Crippen molar-refractivity contribution in [3.05, 3.63) is 87.9 Å². The predicted molar refractivity (Wildman–Crippen MR) is 107 cm³/mol. The maximum atomic E-state index is 6.57. The number of fused-ring (bicyclic) bond motifs is 5. The van der Waals surface area contributed by atoms with E-state index in [1.807, 2.05) is 12.1 Å². The summed E-state index contributed by atoms with van der Waals surface area (Å²) in [7, 11) is 0. The number of halogens is 2. The molecule has 5 rings (SSSR count). The van der Waals surface area contributed by atoms with E-state index in [9.17, 15) is 0 Å². The first-order valence-corrected chi connectivity index (χ1v) is 9.38. The molecular formula is C22H17Cl2N. The van der Waals surface area contributed by atoms with Gasteiger partial charge < -0.3 is 5.32 Å². The monoisotopic (exact) mass is 365 g/mol. The molecule has 1 N–H and O–H groups in total. The second-order valence-electron chi connectivity index (χ2n) is 6.87. The molecule has 3 heteroatoms. The van der Waals surface area contributed by atoms with Gasteiger partial charge in [-0.1, -0.05) is 83.9 Å². The van der Waals surface area contributed by atoms with Gasteiger partial charge in [0, 0.05) is 17.0 Å². The van der Waals surface area contributed by atoms with Gasteiger partial charge in [-0.05, 0) is 34.9 Å². The molecule has 0 unspecified atom stereocenters. The highest BCUT2D eigenvalue weighted by molar-refractivity contribution is 6.42. The van der Waals surface area contributed by atoms with Crippen LogP contribution in [0, 0.1) is 5.92 Å². The molecule has 0 saturated heterocycles. The number of rotatable bonds is 1. The van der Waals surface area contributed by atoms with Crippen LogP contribution in [0.1, 0.15) is 29.5 Å². The van der Waals surface area contributed by atoms with E-state index >= 15 is 0 Å². The Bertz CT molecular complexity index is 1010. The molecule has 0 radical (unpaired) electrons. The Morgan fingerprint density at radius 2 is 1.76 bits per heavy atom. The summed E-state index contributed by atoms with van der Waals surface area (Å²) >= 11 is 12.9. The van der Waals surface area contributed by atoms with E-state index in [0.717, 1.165) is 12.0 Å². The van der Waals surface area contributed by atoms with Crippen LogP contribution in [0.4, 0.5) is 5.69 Å². The highest BCUT2D eigenvalue weighted by Crippen LogP contribution is 2.52. The van der Waals surface area contributed by atoms with Crippen molar-refractivity contribution < 1.29 is 0 Å². The number of benzene rings is 3. The van der Waals surface area contributed by atoms with Gasteiger partial charge in [-0.3, -0.25) is 0 Å². The molecule has 1 nitrogen and oxygen atoms in total. The van der Waals surface area contributed by atoms with Gasteiger partial charge in [-0.2, -0.15) is 0 Å². The third kappa shape index (κ3) is 2.30. The first-order chi connectivity index (χ1) is 12.2. The first-order valence-electron chi connectivity index (χ1n) is 8.63. The van der Waals surface area contributed by atoms with Crippen molar-refractivity contribution in [1.82, 2.24) is 0 Å². The fraction of sp³-hybridized carbons (Fsp3) is 0.182. The molecule has 1 heterocycles. The molecule has 0 bridgehead atoms. The average molecular weight is 366 g/mol. The highest BCUT2D eigenvalue weighted by atomic mass is 35.5. The number of anilines is 1. The van der Waals surface area contributed by atoms with Crippen LogP contribution < -0.4 is 5.32 Å². The summed E-state index contributed by atoms with van der Waals surface area (Å²) in [5.41, 5.74) is 3.70. The van der Waals surface area contributed by atoms with Crippen molar-refractivity contribution in [2.75, 3.05) is 5.32 Å². The van der Waals surface area contributed by atoms with E-state index in [1.54, 1.807) is 0 Å². The fourth-order valence-electron chi connectivity index (χ4n) is 4.41. The predicted octanol–water partition coefficient (Wildman–Crippen LogP) is 6.97. The summed E-state index contributed by atoms with van der Waals surface area (Å²) in [5.74, 6) is 0.880. The van der Waals surface area contributed by atoms with Crippen LogP contribution in [0.25, 0.3) is 10.8 Å². The Hall–Kier alpha value is -1.96. The molecule has 3 atom stereocenters. The normalized spacial score (nSPS) is 24.0. The minimum atomic E-state index is 0.157. The summed E-state index contributed by atoms with van der Waals surface area (Å²) in [6.45, 7) is 0. The lowest BCUT2D eigenvalue weighted by Crippen LogP contribution is -2.29. The number of nitrogens with one attached hydrogen (secondary N) is 1. The quantitative estimate of drug-likeness (QED) is 0.459. The van der Waals surface area contributed by atoms with E-state index in [-0.39, 0.29) is 6.04 Å². The topological polar surface area (TPSA) is 12.0 Å². The van der Waals surface area contributed by atoms with Crippen LogP contribution in [0.15, 0.2) is 66.7 Å². The van der Waals surface area contributed by atoms with Gasteiger partial charge in [0.1, 0.15) is 0 Å². The number of allylic oxidation sites excluding steroid dienone is 2. The Morgan fingerprint density at radius 1 is 0.880 bits per heavy atom. The molecule has 0 spiro atoms. The van der Waals surface area contributed by atoms with Crippen LogP contribution in [0.2, 0.25) is 10.0 Å². The molecule has 25 heavy (non-hydrogen) atoms. The standard InChI is InChI=1S/C22H17Cl2N/c23-19-10-4-9-18(20(19)24)22-16-8-3-7-15(16)17-12-11-13-5-1-2-6-14(13)21(17)25-22/h1-7,9-12,15-16,22,25H,8H2/t15-,16-,22+/m0/s1. The minimum Gasteiger partial charge on any atom is -0.377 e. The number of hydrogen-bond donors (Lipinski definition) is 1. The number of hydrogen-bond acceptors (Lipinski definition) is 1. The maximum Gasteiger partial charge on any atom is 0.0645 e. The lowest BCUT2D eigenvalue weighted by Gasteiger charge is -2.38. The Labute approximate surface area is 157 Å². The zero-order valence-corrected chi connectivity index (χ0v) is 15.1. The van der Waals surface area contributed by atoms with E-state index in [1.165, 1.54) is 22.0 Å². The Kier molecular flexibility index (Phi) is 3.55. The van der Waals surface area contributed by atoms with E-state index in [2.05, 4.69) is 59.9 Å². The second-order valence-corrected chi connectivity index (χ2v) is 7.65. The summed E-state index contributed by atoms with van der Waals surface area (Å²) in [6, 6.07) is 19.1. The smallest absolute Gasteiger partial charge is 0.0645 e. The van der Waals surface area contributed by atoms with Gasteiger partial charge in [0.2, 0.25) is 0 Å². The van der Waals surface area contributed by atoms with Gasteiger partial charge in [-0.25, -0.2) is 0 Å². The molecule has 0 amide bonds. The van der Waals surface area contributed by atoms with Crippen LogP contribution in [0.3, 0.4) is 0 Å². The van der Waals surface area contributed by atoms with Crippen molar-refractivity contribution in [3.8, 4) is 0 Å². The van der Waals surface area contributed by atoms with Crippen LogP contribution in [-0.4, -0.2) is 0 Å². The van der Waals surface area contributed by atoms with E-state index in [4.69, 9.17) is 23.2 Å². The van der Waals surface area contributed by atoms with Crippen LogP contribution in [0.5, 0.6) is 0 Å². The fourth-order valence-corrected chi connectivity index (χ4v) is 4.83. The maximum absolute atomic E-state index is 6.57. The van der Waals surface area contributed by atoms with Crippen molar-refractivity contribution in [3.63, 3.8) is 0 Å². The summed E-state index contributed by atoms with van der Waals surface area (Å²) in [5, 5.41) is 7.61. The van der Waals surface area contributed by atoms with Crippen molar-refractivity contribution in [2.24, 2.45) is 5.92 Å². The van der Waals surface area contributed by atoms with E-state index in [0.29, 0.717) is 21.9 Å². The van der Waals surface area contributed by atoms with Gasteiger partial charge in [0.25, 0.3) is 0 Å². The Balaban J connectivity index is 1.72. The molecule has 0 fully saturated rings. The molecule has 1 aliphatic carbocycles. The van der Waals surface area contributed by atoms with Gasteiger partial charge in [0.05, 0.1) is 16.1 Å².